The SMILES string of the molecule is CC(=O)SCC=Cc1ccc(NC(N)=O)cc1. The molecular formula is C12H14N2O2S. The van der Waals surface area contributed by atoms with E-state index in [1.165, 1.54) is 11.8 Å². The molecular weight excluding hydrogens is 236 g/mol. The van der Waals surface area contributed by atoms with Crippen molar-refractivity contribution in [1.29, 1.82) is 0 Å². The van der Waals surface area contributed by atoms with Crippen LogP contribution < -0.4 is 11.1 Å². The first-order valence-corrected chi connectivity index (χ1v) is 6.03. The Labute approximate surface area is 104 Å². The number of nitrogens with one attached hydrogen (secondary N) is 1. The number of anilines is 1. The van der Waals surface area contributed by atoms with Gasteiger partial charge in [-0.05, 0) is 17.7 Å². The number of primary amides is 1. The third kappa shape index (κ3) is 5.77. The summed E-state index contributed by atoms with van der Waals surface area (Å²) in [7, 11) is 0. The van der Waals surface area contributed by atoms with Crippen molar-refractivity contribution < 1.29 is 9.59 Å². The molecule has 0 fully saturated rings. The van der Waals surface area contributed by atoms with Crippen LogP contribution in [0.5, 0.6) is 0 Å². The van der Waals surface area contributed by atoms with Gasteiger partial charge in [-0.1, -0.05) is 36.0 Å². The molecule has 0 bridgehead atoms. The summed E-state index contributed by atoms with van der Waals surface area (Å²) in [6.07, 6.45) is 3.84. The average molecular weight is 250 g/mol. The smallest absolute Gasteiger partial charge is 0.316 e. The topological polar surface area (TPSA) is 72.2 Å². The molecule has 1 rings (SSSR count). The highest BCUT2D eigenvalue weighted by Gasteiger charge is 1.95. The van der Waals surface area contributed by atoms with Crippen LogP contribution >= 0.6 is 11.8 Å². The second-order valence-electron chi connectivity index (χ2n) is 3.32. The largest absolute Gasteiger partial charge is 0.351 e. The standard InChI is InChI=1S/C12H14N2O2S/c1-9(15)17-8-2-3-10-4-6-11(7-5-10)14-12(13)16/h2-7H,8H2,1H3,(H3,13,14,16). The molecule has 1 aromatic rings. The summed E-state index contributed by atoms with van der Waals surface area (Å²) in [4.78, 5) is 21.3. The Bertz CT molecular complexity index is 427. The summed E-state index contributed by atoms with van der Waals surface area (Å²) in [6.45, 7) is 1.54. The molecule has 0 spiro atoms. The molecule has 0 aliphatic heterocycles. The molecule has 0 radical (unpaired) electrons. The van der Waals surface area contributed by atoms with Crippen molar-refractivity contribution in [1.82, 2.24) is 0 Å². The van der Waals surface area contributed by atoms with E-state index in [2.05, 4.69) is 5.32 Å². The Morgan fingerprint density at radius 2 is 2.00 bits per heavy atom. The Hall–Kier alpha value is -1.75. The maximum atomic E-state index is 10.7. The van der Waals surface area contributed by atoms with Gasteiger partial charge in [-0.2, -0.15) is 0 Å². The van der Waals surface area contributed by atoms with Gasteiger partial charge in [0.05, 0.1) is 0 Å². The normalized spacial score (nSPS) is 10.4. The molecule has 0 saturated heterocycles. The number of carbonyl (C=O) groups excluding carboxylic acids is 2. The van der Waals surface area contributed by atoms with Crippen LogP contribution in [-0.4, -0.2) is 16.9 Å². The van der Waals surface area contributed by atoms with E-state index >= 15 is 0 Å². The van der Waals surface area contributed by atoms with Crippen molar-refractivity contribution in [2.75, 3.05) is 11.1 Å². The van der Waals surface area contributed by atoms with Crippen LogP contribution in [0, 0.1) is 0 Å². The second-order valence-corrected chi connectivity index (χ2v) is 4.51. The molecule has 0 saturated carbocycles. The monoisotopic (exact) mass is 250 g/mol. The van der Waals surface area contributed by atoms with E-state index in [0.717, 1.165) is 5.56 Å². The molecule has 0 heterocycles. The molecule has 1 aromatic carbocycles. The predicted octanol–water partition coefficient (Wildman–Crippen LogP) is 2.47. The summed E-state index contributed by atoms with van der Waals surface area (Å²) < 4.78 is 0. The Balaban J connectivity index is 2.50. The van der Waals surface area contributed by atoms with Gasteiger partial charge in [-0.3, -0.25) is 4.79 Å². The van der Waals surface area contributed by atoms with Crippen LogP contribution in [-0.2, 0) is 4.79 Å². The molecule has 3 N–H and O–H groups in total. The lowest BCUT2D eigenvalue weighted by Crippen LogP contribution is -2.19. The van der Waals surface area contributed by atoms with Crippen molar-refractivity contribution >= 4 is 34.7 Å². The Morgan fingerprint density at radius 3 is 2.53 bits per heavy atom. The molecule has 17 heavy (non-hydrogen) atoms. The van der Waals surface area contributed by atoms with Gasteiger partial charge >= 0.3 is 6.03 Å². The van der Waals surface area contributed by atoms with E-state index in [4.69, 9.17) is 5.73 Å². The van der Waals surface area contributed by atoms with E-state index in [1.54, 1.807) is 19.1 Å². The van der Waals surface area contributed by atoms with Gasteiger partial charge in [-0.25, -0.2) is 4.79 Å². The van der Waals surface area contributed by atoms with Crippen molar-refractivity contribution in [3.63, 3.8) is 0 Å². The lowest BCUT2D eigenvalue weighted by atomic mass is 10.2. The van der Waals surface area contributed by atoms with E-state index in [9.17, 15) is 9.59 Å². The predicted molar refractivity (Wildman–Crippen MR) is 71.8 cm³/mol. The fraction of sp³-hybridized carbons (Fsp3) is 0.167. The first kappa shape index (κ1) is 13.3. The number of nitrogens with two attached hydrogens (primary N) is 1. The van der Waals surface area contributed by atoms with Gasteiger partial charge in [0.2, 0.25) is 0 Å². The lowest BCUT2D eigenvalue weighted by molar-refractivity contribution is -0.109. The lowest BCUT2D eigenvalue weighted by Gasteiger charge is -2.01. The Kier molecular flexibility index (Phi) is 5.29. The van der Waals surface area contributed by atoms with Crippen LogP contribution in [0.15, 0.2) is 30.3 Å². The van der Waals surface area contributed by atoms with E-state index in [1.807, 2.05) is 24.3 Å². The molecule has 0 aliphatic rings. The van der Waals surface area contributed by atoms with Gasteiger partial charge in [-0.15, -0.1) is 0 Å². The maximum absolute atomic E-state index is 10.7. The highest BCUT2D eigenvalue weighted by molar-refractivity contribution is 8.13. The maximum Gasteiger partial charge on any atom is 0.316 e. The number of hydrogen-bond acceptors (Lipinski definition) is 3. The van der Waals surface area contributed by atoms with Crippen molar-refractivity contribution in [2.45, 2.75) is 6.92 Å². The van der Waals surface area contributed by atoms with E-state index in [-0.39, 0.29) is 5.12 Å². The zero-order valence-electron chi connectivity index (χ0n) is 9.47. The fourth-order valence-electron chi connectivity index (χ4n) is 1.17. The molecule has 90 valence electrons. The number of carbonyl (C=O) groups is 2. The minimum Gasteiger partial charge on any atom is -0.351 e. The van der Waals surface area contributed by atoms with Crippen LogP contribution in [0.2, 0.25) is 0 Å². The Morgan fingerprint density at radius 1 is 1.35 bits per heavy atom. The van der Waals surface area contributed by atoms with Crippen LogP contribution in [0.25, 0.3) is 6.08 Å². The number of hydrogen-bond donors (Lipinski definition) is 2. The number of rotatable bonds is 4. The van der Waals surface area contributed by atoms with Crippen LogP contribution in [0.4, 0.5) is 10.5 Å². The zero-order valence-corrected chi connectivity index (χ0v) is 10.3. The number of benzene rings is 1. The van der Waals surface area contributed by atoms with Gasteiger partial charge in [0, 0.05) is 18.4 Å². The molecule has 4 nitrogen and oxygen atoms in total. The average Bonchev–Trinajstić information content (AvgIpc) is 2.25. The summed E-state index contributed by atoms with van der Waals surface area (Å²) >= 11 is 1.26. The van der Waals surface area contributed by atoms with Crippen LogP contribution in [0.1, 0.15) is 12.5 Å². The zero-order chi connectivity index (χ0) is 12.7. The quantitative estimate of drug-likeness (QED) is 0.862. The minimum atomic E-state index is -0.578. The molecule has 0 aromatic heterocycles. The summed E-state index contributed by atoms with van der Waals surface area (Å²) in [6, 6.07) is 6.68. The van der Waals surface area contributed by atoms with E-state index in [0.29, 0.717) is 11.4 Å². The summed E-state index contributed by atoms with van der Waals surface area (Å²) in [5.74, 6) is 0.663. The number of thioether (sulfide) groups is 1. The van der Waals surface area contributed by atoms with E-state index < -0.39 is 6.03 Å². The van der Waals surface area contributed by atoms with Gasteiger partial charge in [0.25, 0.3) is 0 Å². The first-order valence-electron chi connectivity index (χ1n) is 5.04. The van der Waals surface area contributed by atoms with Crippen molar-refractivity contribution in [2.24, 2.45) is 5.73 Å². The van der Waals surface area contributed by atoms with Gasteiger partial charge in [0.15, 0.2) is 5.12 Å². The summed E-state index contributed by atoms with van der Waals surface area (Å²) in [5, 5.41) is 2.59. The van der Waals surface area contributed by atoms with Crippen LogP contribution in [0.3, 0.4) is 0 Å². The third-order valence-corrected chi connectivity index (χ3v) is 2.64. The third-order valence-electron chi connectivity index (χ3n) is 1.87. The first-order chi connectivity index (χ1) is 8.08. The van der Waals surface area contributed by atoms with Gasteiger partial charge < -0.3 is 11.1 Å². The molecule has 0 unspecified atom stereocenters. The van der Waals surface area contributed by atoms with Crippen molar-refractivity contribution in [3.05, 3.63) is 35.9 Å². The second kappa shape index (κ2) is 6.75. The molecule has 0 atom stereocenters. The fourth-order valence-corrected chi connectivity index (χ4v) is 1.60. The molecule has 5 heteroatoms. The van der Waals surface area contributed by atoms with Crippen molar-refractivity contribution in [3.8, 4) is 0 Å². The molecule has 2 amide bonds. The number of urea groups is 1. The van der Waals surface area contributed by atoms with Gasteiger partial charge in [0.1, 0.15) is 0 Å². The number of amides is 2. The highest BCUT2D eigenvalue weighted by atomic mass is 32.2. The summed E-state index contributed by atoms with van der Waals surface area (Å²) in [5.41, 5.74) is 6.65. The highest BCUT2D eigenvalue weighted by Crippen LogP contribution is 2.11. The molecule has 0 aliphatic carbocycles. The minimum absolute atomic E-state index is 0.107.